The minimum absolute atomic E-state index is 0.00487. The van der Waals surface area contributed by atoms with Crippen molar-refractivity contribution in [1.82, 2.24) is 0 Å². The highest BCUT2D eigenvalue weighted by molar-refractivity contribution is 5.95. The number of benzene rings is 2. The summed E-state index contributed by atoms with van der Waals surface area (Å²) in [5, 5.41) is 0. The van der Waals surface area contributed by atoms with Gasteiger partial charge in [-0.15, -0.1) is 0 Å². The van der Waals surface area contributed by atoms with Crippen LogP contribution in [0.4, 0.5) is 0 Å². The van der Waals surface area contributed by atoms with Crippen LogP contribution in [0.15, 0.2) is 84.1 Å². The molecule has 0 heterocycles. The highest BCUT2D eigenvalue weighted by atomic mass is 16.6. The van der Waals surface area contributed by atoms with Gasteiger partial charge in [-0.05, 0) is 105 Å². The average molecular weight is 539 g/mol. The minimum Gasteiger partial charge on any atom is -0.447 e. The van der Waals surface area contributed by atoms with Crippen molar-refractivity contribution in [3.8, 4) is 0 Å². The van der Waals surface area contributed by atoms with Crippen molar-refractivity contribution in [2.45, 2.75) is 71.3 Å². The third-order valence-electron chi connectivity index (χ3n) is 10.9. The van der Waals surface area contributed by atoms with Crippen LogP contribution in [0.3, 0.4) is 0 Å². The zero-order valence-electron chi connectivity index (χ0n) is 23.7. The van der Waals surface area contributed by atoms with E-state index >= 15 is 0 Å². The minimum atomic E-state index is -1.09. The van der Waals surface area contributed by atoms with E-state index in [-0.39, 0.29) is 17.2 Å². The lowest BCUT2D eigenvalue weighted by Gasteiger charge is -2.58. The Labute approximate surface area is 236 Å². The van der Waals surface area contributed by atoms with Gasteiger partial charge in [-0.2, -0.15) is 0 Å². The predicted octanol–water partition coefficient (Wildman–Crippen LogP) is 7.48. The maximum atomic E-state index is 13.3. The summed E-state index contributed by atoms with van der Waals surface area (Å²) in [7, 11) is 0. The van der Waals surface area contributed by atoms with Crippen LogP contribution < -0.4 is 0 Å². The van der Waals surface area contributed by atoms with E-state index in [0.717, 1.165) is 44.3 Å². The molecule has 208 valence electrons. The average Bonchev–Trinajstić information content (AvgIpc) is 3.27. The predicted molar refractivity (Wildman–Crippen MR) is 152 cm³/mol. The van der Waals surface area contributed by atoms with Gasteiger partial charge < -0.3 is 9.47 Å². The molecule has 0 spiro atoms. The monoisotopic (exact) mass is 538 g/mol. The van der Waals surface area contributed by atoms with E-state index in [9.17, 15) is 14.4 Å². The lowest BCUT2D eigenvalue weighted by Crippen LogP contribution is -2.58. The largest absolute Gasteiger partial charge is 0.447 e. The summed E-state index contributed by atoms with van der Waals surface area (Å²) in [5.74, 6) is 1.17. The van der Waals surface area contributed by atoms with Crippen molar-refractivity contribution in [3.05, 3.63) is 95.3 Å². The molecule has 4 aliphatic carbocycles. The topological polar surface area (TPSA) is 69.7 Å². The molecule has 6 atom stereocenters. The van der Waals surface area contributed by atoms with Crippen LogP contribution in [-0.2, 0) is 14.3 Å². The second kappa shape index (κ2) is 9.87. The number of esters is 2. The molecule has 0 N–H and O–H groups in total. The van der Waals surface area contributed by atoms with Gasteiger partial charge >= 0.3 is 11.9 Å². The first-order valence-corrected chi connectivity index (χ1v) is 14.7. The SMILES string of the molecule is CC(=O)[C@@]1(OC(=O)c2ccccc2)CC[C@H]2[C@@H]3CC=C4C=C(OC(=O)c5ccccc5)CC[C@]4(C)[C@H]3CC[C@@]21C. The van der Waals surface area contributed by atoms with Gasteiger partial charge in [-0.3, -0.25) is 4.79 Å². The van der Waals surface area contributed by atoms with Gasteiger partial charge in [0.2, 0.25) is 0 Å². The molecule has 2 aromatic carbocycles. The number of hydrogen-bond acceptors (Lipinski definition) is 5. The number of rotatable bonds is 5. The summed E-state index contributed by atoms with van der Waals surface area (Å²) in [6.07, 6.45) is 10.3. The standard InChI is InChI=1S/C35H38O5/c1-23(36)35(40-32(38)25-12-8-5-9-13-25)21-18-30-28-15-14-26-22-27(39-31(37)24-10-6-4-7-11-24)16-19-33(26,2)29(28)17-20-34(30,35)3/h4-14,22,28-30H,15-21H2,1-3H3/t28-,29+,30+,33+,34+,35+/m1/s1. The summed E-state index contributed by atoms with van der Waals surface area (Å²) >= 11 is 0. The lowest BCUT2D eigenvalue weighted by molar-refractivity contribution is -0.160. The zero-order valence-corrected chi connectivity index (χ0v) is 23.7. The maximum Gasteiger partial charge on any atom is 0.343 e. The summed E-state index contributed by atoms with van der Waals surface area (Å²) < 4.78 is 12.1. The first kappa shape index (κ1) is 26.7. The molecular weight excluding hydrogens is 500 g/mol. The molecule has 0 bridgehead atoms. The molecule has 2 aromatic rings. The molecule has 0 radical (unpaired) electrons. The smallest absolute Gasteiger partial charge is 0.343 e. The van der Waals surface area contributed by atoms with Gasteiger partial charge in [0, 0.05) is 11.8 Å². The van der Waals surface area contributed by atoms with Gasteiger partial charge in [0.1, 0.15) is 5.76 Å². The first-order valence-electron chi connectivity index (χ1n) is 14.7. The van der Waals surface area contributed by atoms with Crippen molar-refractivity contribution in [2.24, 2.45) is 28.6 Å². The van der Waals surface area contributed by atoms with E-state index in [4.69, 9.17) is 9.47 Å². The normalized spacial score (nSPS) is 34.3. The fourth-order valence-electron chi connectivity index (χ4n) is 8.74. The van der Waals surface area contributed by atoms with E-state index in [1.54, 1.807) is 31.2 Å². The van der Waals surface area contributed by atoms with Crippen molar-refractivity contribution in [1.29, 1.82) is 0 Å². The third kappa shape index (κ3) is 4.08. The highest BCUT2D eigenvalue weighted by Crippen LogP contribution is 2.68. The van der Waals surface area contributed by atoms with E-state index in [1.807, 2.05) is 36.4 Å². The Morgan fingerprint density at radius 2 is 1.43 bits per heavy atom. The van der Waals surface area contributed by atoms with Crippen LogP contribution in [0.25, 0.3) is 0 Å². The Balaban J connectivity index is 1.25. The summed E-state index contributed by atoms with van der Waals surface area (Å²) in [6, 6.07) is 18.1. The molecule has 5 nitrogen and oxygen atoms in total. The molecule has 2 fully saturated rings. The van der Waals surface area contributed by atoms with E-state index in [1.165, 1.54) is 5.57 Å². The number of allylic oxidation sites excluding steroid dienone is 4. The second-order valence-electron chi connectivity index (χ2n) is 12.7. The number of fused-ring (bicyclic) bond motifs is 5. The molecule has 2 saturated carbocycles. The number of Topliss-reactive ketones (excluding diaryl/α,β-unsaturated/α-hetero) is 1. The quantitative estimate of drug-likeness (QED) is 0.369. The van der Waals surface area contributed by atoms with Crippen LogP contribution in [0.2, 0.25) is 0 Å². The number of carbonyl (C=O) groups is 3. The molecule has 0 unspecified atom stereocenters. The first-order chi connectivity index (χ1) is 19.2. The lowest BCUT2D eigenvalue weighted by atomic mass is 9.47. The van der Waals surface area contributed by atoms with Crippen molar-refractivity contribution < 1.29 is 23.9 Å². The third-order valence-corrected chi connectivity index (χ3v) is 10.9. The highest BCUT2D eigenvalue weighted by Gasteiger charge is 2.67. The fourth-order valence-corrected chi connectivity index (χ4v) is 8.74. The molecule has 0 saturated heterocycles. The Morgan fingerprint density at radius 3 is 2.08 bits per heavy atom. The van der Waals surface area contributed by atoms with Gasteiger partial charge in [-0.1, -0.05) is 56.3 Å². The van der Waals surface area contributed by atoms with Gasteiger partial charge in [0.05, 0.1) is 11.1 Å². The Bertz CT molecular complexity index is 1390. The van der Waals surface area contributed by atoms with Crippen molar-refractivity contribution in [3.63, 3.8) is 0 Å². The number of hydrogen-bond donors (Lipinski definition) is 0. The fraction of sp³-hybridized carbons (Fsp3) is 0.457. The Morgan fingerprint density at radius 1 is 0.800 bits per heavy atom. The van der Waals surface area contributed by atoms with Gasteiger partial charge in [0.25, 0.3) is 0 Å². The van der Waals surface area contributed by atoms with Crippen molar-refractivity contribution in [2.75, 3.05) is 0 Å². The van der Waals surface area contributed by atoms with Crippen molar-refractivity contribution >= 4 is 17.7 Å². The second-order valence-corrected chi connectivity index (χ2v) is 12.7. The molecule has 40 heavy (non-hydrogen) atoms. The molecule has 0 aromatic heterocycles. The molecular formula is C35H38O5. The Hall–Kier alpha value is -3.47. The zero-order chi connectivity index (χ0) is 28.1. The number of carbonyl (C=O) groups excluding carboxylic acids is 3. The van der Waals surface area contributed by atoms with Crippen LogP contribution in [0.5, 0.6) is 0 Å². The van der Waals surface area contributed by atoms with E-state index in [0.29, 0.717) is 35.3 Å². The summed E-state index contributed by atoms with van der Waals surface area (Å²) in [6.45, 7) is 6.17. The molecule has 5 heteroatoms. The summed E-state index contributed by atoms with van der Waals surface area (Å²) in [4.78, 5) is 39.2. The summed E-state index contributed by atoms with van der Waals surface area (Å²) in [5.41, 5.74) is 0.822. The van der Waals surface area contributed by atoms with E-state index < -0.39 is 17.0 Å². The Kier molecular flexibility index (Phi) is 6.59. The number of ketones is 1. The van der Waals surface area contributed by atoms with Crippen LogP contribution in [0.1, 0.15) is 86.4 Å². The molecule has 0 aliphatic heterocycles. The number of ether oxygens (including phenoxy) is 2. The van der Waals surface area contributed by atoms with Crippen LogP contribution >= 0.6 is 0 Å². The maximum absolute atomic E-state index is 13.3. The van der Waals surface area contributed by atoms with Crippen LogP contribution in [0, 0.1) is 28.6 Å². The van der Waals surface area contributed by atoms with E-state index in [2.05, 4.69) is 26.0 Å². The molecule has 4 aliphatic rings. The van der Waals surface area contributed by atoms with Crippen LogP contribution in [-0.4, -0.2) is 23.3 Å². The van der Waals surface area contributed by atoms with Gasteiger partial charge in [-0.25, -0.2) is 9.59 Å². The molecule has 6 rings (SSSR count). The molecule has 0 amide bonds. The van der Waals surface area contributed by atoms with Gasteiger partial charge in [0.15, 0.2) is 11.4 Å².